The molecule has 0 fully saturated rings. The lowest BCUT2D eigenvalue weighted by atomic mass is 10.1. The first kappa shape index (κ1) is 20.1. The van der Waals surface area contributed by atoms with Crippen LogP contribution in [0, 0.1) is 5.82 Å². The van der Waals surface area contributed by atoms with Crippen LogP contribution in [0.4, 0.5) is 4.39 Å². The third kappa shape index (κ3) is 4.98. The first-order chi connectivity index (χ1) is 14.0. The molecule has 2 aromatic carbocycles. The second-order valence-electron chi connectivity index (χ2n) is 6.19. The van der Waals surface area contributed by atoms with Crippen LogP contribution in [-0.4, -0.2) is 29.9 Å². The minimum absolute atomic E-state index is 0.225. The highest BCUT2D eigenvalue weighted by Gasteiger charge is 2.11. The number of nitrogens with one attached hydrogen (secondary N) is 1. The fourth-order valence-electron chi connectivity index (χ4n) is 2.71. The van der Waals surface area contributed by atoms with Crippen LogP contribution in [0.2, 0.25) is 0 Å². The molecule has 0 aliphatic rings. The molecule has 3 aromatic rings. The van der Waals surface area contributed by atoms with E-state index in [1.165, 1.54) is 25.3 Å². The molecular weight excluding hydrogens is 377 g/mol. The fraction of sp³-hybridized carbons (Fsp3) is 0.190. The van der Waals surface area contributed by atoms with Gasteiger partial charge in [-0.2, -0.15) is 5.10 Å². The minimum Gasteiger partial charge on any atom is -0.493 e. The van der Waals surface area contributed by atoms with Gasteiger partial charge in [0.2, 0.25) is 5.91 Å². The molecule has 0 aliphatic carbocycles. The van der Waals surface area contributed by atoms with Crippen molar-refractivity contribution >= 4 is 5.91 Å². The number of halogens is 1. The Morgan fingerprint density at radius 2 is 1.76 bits per heavy atom. The lowest BCUT2D eigenvalue weighted by Gasteiger charge is -2.11. The van der Waals surface area contributed by atoms with Gasteiger partial charge in [-0.15, -0.1) is 0 Å². The number of hydrogen-bond acceptors (Lipinski definition) is 5. The van der Waals surface area contributed by atoms with Gasteiger partial charge in [-0.1, -0.05) is 12.1 Å². The molecule has 1 heterocycles. The Hall–Kier alpha value is -3.68. The number of benzene rings is 2. The van der Waals surface area contributed by atoms with Crippen molar-refractivity contribution in [2.75, 3.05) is 14.2 Å². The quantitative estimate of drug-likeness (QED) is 0.662. The first-order valence-corrected chi connectivity index (χ1v) is 8.82. The number of ether oxygens (including phenoxy) is 2. The predicted molar refractivity (Wildman–Crippen MR) is 105 cm³/mol. The van der Waals surface area contributed by atoms with Gasteiger partial charge in [-0.3, -0.25) is 9.59 Å². The van der Waals surface area contributed by atoms with Crippen molar-refractivity contribution in [1.29, 1.82) is 0 Å². The molecule has 0 bridgehead atoms. The average Bonchev–Trinajstić information content (AvgIpc) is 2.74. The topological polar surface area (TPSA) is 82.5 Å². The SMILES string of the molecule is COc1ccc(-c2ccc(=O)n(CC(=O)NCc3ccc(F)cc3)n2)cc1OC. The van der Waals surface area contributed by atoms with E-state index in [9.17, 15) is 14.0 Å². The molecule has 0 saturated carbocycles. The zero-order valence-corrected chi connectivity index (χ0v) is 16.0. The normalized spacial score (nSPS) is 10.4. The van der Waals surface area contributed by atoms with Gasteiger partial charge in [0.15, 0.2) is 11.5 Å². The summed E-state index contributed by atoms with van der Waals surface area (Å²) in [5.74, 6) is 0.377. The van der Waals surface area contributed by atoms with Crippen molar-refractivity contribution in [3.8, 4) is 22.8 Å². The molecule has 0 spiro atoms. The van der Waals surface area contributed by atoms with E-state index in [1.54, 1.807) is 43.5 Å². The van der Waals surface area contributed by atoms with Crippen LogP contribution in [0.3, 0.4) is 0 Å². The average molecular weight is 397 g/mol. The third-order valence-electron chi connectivity index (χ3n) is 4.24. The maximum absolute atomic E-state index is 12.9. The molecule has 29 heavy (non-hydrogen) atoms. The van der Waals surface area contributed by atoms with Crippen molar-refractivity contribution < 1.29 is 18.7 Å². The summed E-state index contributed by atoms with van der Waals surface area (Å²) >= 11 is 0. The number of amides is 1. The summed E-state index contributed by atoms with van der Waals surface area (Å²) in [4.78, 5) is 24.3. The summed E-state index contributed by atoms with van der Waals surface area (Å²) in [6.07, 6.45) is 0. The highest BCUT2D eigenvalue weighted by molar-refractivity contribution is 5.75. The van der Waals surface area contributed by atoms with Crippen molar-refractivity contribution in [3.05, 3.63) is 76.3 Å². The van der Waals surface area contributed by atoms with Crippen molar-refractivity contribution in [3.63, 3.8) is 0 Å². The molecule has 0 atom stereocenters. The third-order valence-corrected chi connectivity index (χ3v) is 4.24. The number of carbonyl (C=O) groups is 1. The second-order valence-corrected chi connectivity index (χ2v) is 6.19. The van der Waals surface area contributed by atoms with Gasteiger partial charge in [-0.25, -0.2) is 9.07 Å². The van der Waals surface area contributed by atoms with Crippen LogP contribution in [0.5, 0.6) is 11.5 Å². The Kier molecular flexibility index (Phi) is 6.23. The van der Waals surface area contributed by atoms with E-state index in [-0.39, 0.29) is 24.8 Å². The maximum Gasteiger partial charge on any atom is 0.267 e. The van der Waals surface area contributed by atoms with Crippen molar-refractivity contribution in [1.82, 2.24) is 15.1 Å². The Balaban J connectivity index is 1.74. The van der Waals surface area contributed by atoms with E-state index in [0.29, 0.717) is 22.8 Å². The van der Waals surface area contributed by atoms with E-state index in [0.717, 1.165) is 10.2 Å². The molecule has 1 amide bonds. The molecule has 8 heteroatoms. The fourth-order valence-corrected chi connectivity index (χ4v) is 2.71. The smallest absolute Gasteiger partial charge is 0.267 e. The van der Waals surface area contributed by atoms with Gasteiger partial charge in [0.1, 0.15) is 12.4 Å². The largest absolute Gasteiger partial charge is 0.493 e. The molecule has 0 saturated heterocycles. The summed E-state index contributed by atoms with van der Waals surface area (Å²) in [6, 6.07) is 14.0. The standard InChI is InChI=1S/C21H20FN3O4/c1-28-18-9-5-15(11-19(18)29-2)17-8-10-21(27)25(24-17)13-20(26)23-12-14-3-6-16(22)7-4-14/h3-11H,12-13H2,1-2H3,(H,23,26). The van der Waals surface area contributed by atoms with Crippen LogP contribution in [0.1, 0.15) is 5.56 Å². The number of rotatable bonds is 7. The van der Waals surface area contributed by atoms with Crippen molar-refractivity contribution in [2.45, 2.75) is 13.1 Å². The summed E-state index contributed by atoms with van der Waals surface area (Å²) in [5, 5.41) is 6.97. The molecule has 0 aliphatic heterocycles. The molecular formula is C21H20FN3O4. The number of aromatic nitrogens is 2. The van der Waals surface area contributed by atoms with E-state index in [2.05, 4.69) is 10.4 Å². The van der Waals surface area contributed by atoms with E-state index in [1.807, 2.05) is 0 Å². The molecule has 0 unspecified atom stereocenters. The molecule has 3 rings (SSSR count). The monoisotopic (exact) mass is 397 g/mol. The Bertz CT molecular complexity index is 1060. The molecule has 150 valence electrons. The van der Waals surface area contributed by atoms with Crippen LogP contribution in [-0.2, 0) is 17.9 Å². The van der Waals surface area contributed by atoms with Crippen molar-refractivity contribution in [2.24, 2.45) is 0 Å². The summed E-state index contributed by atoms with van der Waals surface area (Å²) in [5.41, 5.74) is 1.57. The Morgan fingerprint density at radius 3 is 2.45 bits per heavy atom. The predicted octanol–water partition coefficient (Wildman–Crippen LogP) is 2.38. The Labute approximate surface area is 166 Å². The maximum atomic E-state index is 12.9. The van der Waals surface area contributed by atoms with Gasteiger partial charge < -0.3 is 14.8 Å². The number of methoxy groups -OCH3 is 2. The number of nitrogens with zero attached hydrogens (tertiary/aromatic N) is 2. The lowest BCUT2D eigenvalue weighted by molar-refractivity contribution is -0.122. The van der Waals surface area contributed by atoms with Gasteiger partial charge in [0.05, 0.1) is 19.9 Å². The highest BCUT2D eigenvalue weighted by atomic mass is 19.1. The second kappa shape index (κ2) is 9.01. The first-order valence-electron chi connectivity index (χ1n) is 8.82. The molecule has 1 aromatic heterocycles. The van der Waals surface area contributed by atoms with E-state index >= 15 is 0 Å². The number of hydrogen-bond donors (Lipinski definition) is 1. The number of carbonyl (C=O) groups excluding carboxylic acids is 1. The molecule has 1 N–H and O–H groups in total. The summed E-state index contributed by atoms with van der Waals surface area (Å²) in [7, 11) is 3.07. The zero-order valence-electron chi connectivity index (χ0n) is 16.0. The zero-order chi connectivity index (χ0) is 20.8. The van der Waals surface area contributed by atoms with Gasteiger partial charge in [0.25, 0.3) is 5.56 Å². The minimum atomic E-state index is -0.397. The van der Waals surface area contributed by atoms with E-state index < -0.39 is 5.56 Å². The van der Waals surface area contributed by atoms with Gasteiger partial charge in [0, 0.05) is 18.2 Å². The summed E-state index contributed by atoms with van der Waals surface area (Å²) < 4.78 is 24.5. The highest BCUT2D eigenvalue weighted by Crippen LogP contribution is 2.31. The van der Waals surface area contributed by atoms with Gasteiger partial charge >= 0.3 is 0 Å². The molecule has 7 nitrogen and oxygen atoms in total. The lowest BCUT2D eigenvalue weighted by Crippen LogP contribution is -2.33. The van der Waals surface area contributed by atoms with Crippen LogP contribution in [0.15, 0.2) is 59.4 Å². The van der Waals surface area contributed by atoms with E-state index in [4.69, 9.17) is 9.47 Å². The molecule has 0 radical (unpaired) electrons. The Morgan fingerprint density at radius 1 is 1.03 bits per heavy atom. The summed E-state index contributed by atoms with van der Waals surface area (Å²) in [6.45, 7) is -0.00953. The van der Waals surface area contributed by atoms with Crippen LogP contribution in [0.25, 0.3) is 11.3 Å². The van der Waals surface area contributed by atoms with Crippen LogP contribution < -0.4 is 20.3 Å². The van der Waals surface area contributed by atoms with Gasteiger partial charge in [-0.05, 0) is 42.0 Å². The van der Waals surface area contributed by atoms with Crippen LogP contribution >= 0.6 is 0 Å².